The maximum atomic E-state index is 8.66. The minimum Gasteiger partial charge on any atom is -0.379 e. The first-order valence-electron chi connectivity index (χ1n) is 2.65. The van der Waals surface area contributed by atoms with Crippen LogP contribution in [0.2, 0.25) is 0 Å². The number of hydrogen-bond donors (Lipinski definition) is 4. The van der Waals surface area contributed by atoms with E-state index in [1.54, 1.807) is 6.92 Å². The van der Waals surface area contributed by atoms with Gasteiger partial charge in [-0.1, -0.05) is 0 Å². The fourth-order valence-corrected chi connectivity index (χ4v) is 0.421. The van der Waals surface area contributed by atoms with Gasteiger partial charge in [0.05, 0.1) is 7.11 Å². The van der Waals surface area contributed by atoms with Crippen molar-refractivity contribution in [1.29, 1.82) is 0 Å². The van der Waals surface area contributed by atoms with Crippen LogP contribution in [-0.2, 0) is 4.84 Å². The molecule has 0 saturated carbocycles. The lowest BCUT2D eigenvalue weighted by Crippen LogP contribution is -2.52. The molecule has 0 aromatic heterocycles. The van der Waals surface area contributed by atoms with Gasteiger partial charge in [-0.15, -0.1) is 0 Å². The summed E-state index contributed by atoms with van der Waals surface area (Å²) in [5.41, 5.74) is 7.66. The predicted octanol–water partition coefficient (Wildman–Crippen LogP) is -1.69. The van der Waals surface area contributed by atoms with Crippen molar-refractivity contribution in [3.05, 3.63) is 0 Å². The molecule has 56 valence electrons. The zero-order valence-electron chi connectivity index (χ0n) is 5.59. The molecule has 0 rings (SSSR count). The van der Waals surface area contributed by atoms with E-state index in [2.05, 4.69) is 15.6 Å². The molecule has 2 atom stereocenters. The van der Waals surface area contributed by atoms with Crippen LogP contribution in [0.3, 0.4) is 0 Å². The van der Waals surface area contributed by atoms with Crippen LogP contribution >= 0.6 is 0 Å². The van der Waals surface area contributed by atoms with Gasteiger partial charge in [0.25, 0.3) is 0 Å². The minimum absolute atomic E-state index is 0.532. The normalized spacial score (nSPS) is 17.3. The lowest BCUT2D eigenvalue weighted by atomic mass is 10.6. The van der Waals surface area contributed by atoms with Crippen molar-refractivity contribution in [3.8, 4) is 0 Å². The summed E-state index contributed by atoms with van der Waals surface area (Å²) in [6, 6.07) is 0. The van der Waals surface area contributed by atoms with Crippen molar-refractivity contribution in [2.45, 2.75) is 19.4 Å². The second-order valence-electron chi connectivity index (χ2n) is 1.64. The second-order valence-corrected chi connectivity index (χ2v) is 1.64. The number of nitrogens with one attached hydrogen (secondary N) is 2. The van der Waals surface area contributed by atoms with Gasteiger partial charge in [-0.05, 0) is 6.92 Å². The van der Waals surface area contributed by atoms with Crippen molar-refractivity contribution in [1.82, 2.24) is 10.8 Å². The Morgan fingerprint density at radius 2 is 2.22 bits per heavy atom. The van der Waals surface area contributed by atoms with E-state index in [1.165, 1.54) is 7.11 Å². The molecule has 5 nitrogen and oxygen atoms in total. The summed E-state index contributed by atoms with van der Waals surface area (Å²) in [5, 5.41) is 11.2. The van der Waals surface area contributed by atoms with Gasteiger partial charge in [0.15, 0.2) is 0 Å². The molecule has 5 N–H and O–H groups in total. The van der Waals surface area contributed by atoms with Crippen molar-refractivity contribution in [3.63, 3.8) is 0 Å². The van der Waals surface area contributed by atoms with Gasteiger partial charge in [0, 0.05) is 0 Å². The Labute approximate surface area is 54.1 Å². The van der Waals surface area contributed by atoms with Crippen LogP contribution in [0, 0.1) is 0 Å². The minimum atomic E-state index is -0.636. The zero-order valence-corrected chi connectivity index (χ0v) is 5.59. The first-order valence-corrected chi connectivity index (χ1v) is 2.65. The lowest BCUT2D eigenvalue weighted by Gasteiger charge is -2.15. The third kappa shape index (κ3) is 5.67. The summed E-state index contributed by atoms with van der Waals surface area (Å²) < 4.78 is 0. The van der Waals surface area contributed by atoms with Crippen LogP contribution in [-0.4, -0.2) is 24.7 Å². The average molecular weight is 135 g/mol. The molecule has 0 fully saturated rings. The van der Waals surface area contributed by atoms with Crippen LogP contribution in [0.15, 0.2) is 0 Å². The molecule has 0 saturated heterocycles. The SMILES string of the molecule is CONC(N)NC(C)O. The molecule has 0 heterocycles. The van der Waals surface area contributed by atoms with Crippen LogP contribution in [0.4, 0.5) is 0 Å². The summed E-state index contributed by atoms with van der Waals surface area (Å²) in [6.45, 7) is 1.57. The summed E-state index contributed by atoms with van der Waals surface area (Å²) in [7, 11) is 1.45. The van der Waals surface area contributed by atoms with E-state index in [9.17, 15) is 0 Å². The smallest absolute Gasteiger partial charge is 0.134 e. The molecule has 0 amide bonds. The molecule has 0 aromatic carbocycles. The standard InChI is InChI=1S/C4H13N3O2/c1-3(8)6-4(5)7-9-2/h3-4,6-8H,5H2,1-2H3. The molecular weight excluding hydrogens is 122 g/mol. The van der Waals surface area contributed by atoms with Crippen molar-refractivity contribution in [2.75, 3.05) is 7.11 Å². The van der Waals surface area contributed by atoms with Gasteiger partial charge in [-0.2, -0.15) is 5.48 Å². The molecule has 5 heteroatoms. The Morgan fingerprint density at radius 1 is 1.67 bits per heavy atom. The maximum absolute atomic E-state index is 8.66. The zero-order chi connectivity index (χ0) is 7.28. The fraction of sp³-hybridized carbons (Fsp3) is 1.00. The first kappa shape index (κ1) is 8.80. The molecule has 0 aromatic rings. The summed E-state index contributed by atoms with van der Waals surface area (Å²) in [4.78, 5) is 4.46. The number of hydroxylamine groups is 1. The van der Waals surface area contributed by atoms with Gasteiger partial charge in [-0.3, -0.25) is 5.32 Å². The Morgan fingerprint density at radius 3 is 2.56 bits per heavy atom. The average Bonchev–Trinajstić information content (AvgIpc) is 1.63. The van der Waals surface area contributed by atoms with Gasteiger partial charge in [0.2, 0.25) is 0 Å². The molecule has 0 spiro atoms. The molecular formula is C4H13N3O2. The van der Waals surface area contributed by atoms with Crippen LogP contribution in [0.5, 0.6) is 0 Å². The van der Waals surface area contributed by atoms with Crippen LogP contribution < -0.4 is 16.5 Å². The molecule has 0 aliphatic heterocycles. The fourth-order valence-electron chi connectivity index (χ4n) is 0.421. The molecule has 0 aliphatic carbocycles. The van der Waals surface area contributed by atoms with Gasteiger partial charge in [-0.25, -0.2) is 0 Å². The van der Waals surface area contributed by atoms with Crippen molar-refractivity contribution in [2.24, 2.45) is 5.73 Å². The number of aliphatic hydroxyl groups excluding tert-OH is 1. The molecule has 2 unspecified atom stereocenters. The van der Waals surface area contributed by atoms with Crippen molar-refractivity contribution < 1.29 is 9.94 Å². The first-order chi connectivity index (χ1) is 4.16. The third-order valence-corrected chi connectivity index (χ3v) is 0.666. The molecule has 0 radical (unpaired) electrons. The highest BCUT2D eigenvalue weighted by Gasteiger charge is 2.00. The maximum Gasteiger partial charge on any atom is 0.134 e. The predicted molar refractivity (Wildman–Crippen MR) is 32.9 cm³/mol. The van der Waals surface area contributed by atoms with Gasteiger partial charge in [0.1, 0.15) is 12.5 Å². The Kier molecular flexibility index (Phi) is 4.55. The number of aliphatic hydroxyl groups is 1. The highest BCUT2D eigenvalue weighted by molar-refractivity contribution is 4.48. The van der Waals surface area contributed by atoms with E-state index in [4.69, 9.17) is 10.8 Å². The summed E-state index contributed by atoms with van der Waals surface area (Å²) >= 11 is 0. The van der Waals surface area contributed by atoms with Gasteiger partial charge < -0.3 is 15.7 Å². The number of rotatable bonds is 4. The third-order valence-electron chi connectivity index (χ3n) is 0.666. The Bertz CT molecular complexity index is 68.8. The van der Waals surface area contributed by atoms with Gasteiger partial charge >= 0.3 is 0 Å². The Hall–Kier alpha value is -0.200. The highest BCUT2D eigenvalue weighted by Crippen LogP contribution is 1.70. The number of nitrogens with two attached hydrogens (primary N) is 1. The van der Waals surface area contributed by atoms with E-state index in [-0.39, 0.29) is 0 Å². The van der Waals surface area contributed by atoms with E-state index in [0.717, 1.165) is 0 Å². The van der Waals surface area contributed by atoms with E-state index in [0.29, 0.717) is 0 Å². The monoisotopic (exact) mass is 135 g/mol. The summed E-state index contributed by atoms with van der Waals surface area (Å²) in [6.07, 6.45) is -1.17. The molecule has 0 bridgehead atoms. The quantitative estimate of drug-likeness (QED) is 0.273. The van der Waals surface area contributed by atoms with Crippen LogP contribution in [0.1, 0.15) is 6.92 Å². The molecule has 9 heavy (non-hydrogen) atoms. The number of hydrogen-bond acceptors (Lipinski definition) is 5. The van der Waals surface area contributed by atoms with E-state index < -0.39 is 12.5 Å². The van der Waals surface area contributed by atoms with E-state index >= 15 is 0 Å². The topological polar surface area (TPSA) is 79.5 Å². The lowest BCUT2D eigenvalue weighted by molar-refractivity contribution is 0.0264. The summed E-state index contributed by atoms with van der Waals surface area (Å²) in [5.74, 6) is 0. The van der Waals surface area contributed by atoms with Crippen LogP contribution in [0.25, 0.3) is 0 Å². The second kappa shape index (κ2) is 4.66. The highest BCUT2D eigenvalue weighted by atomic mass is 16.6. The van der Waals surface area contributed by atoms with Crippen molar-refractivity contribution >= 4 is 0 Å². The largest absolute Gasteiger partial charge is 0.379 e. The Balaban J connectivity index is 3.15. The molecule has 0 aliphatic rings. The van der Waals surface area contributed by atoms with E-state index in [1.807, 2.05) is 0 Å².